The molecule has 0 aliphatic heterocycles. The summed E-state index contributed by atoms with van der Waals surface area (Å²) >= 11 is 0. The topological polar surface area (TPSA) is 132 Å². The molecule has 0 heterocycles. The van der Waals surface area contributed by atoms with Crippen molar-refractivity contribution < 1.29 is 22.5 Å². The Bertz CT molecular complexity index is 662. The van der Waals surface area contributed by atoms with Gasteiger partial charge in [0, 0.05) is 12.3 Å². The number of para-hydroxylation sites is 1. The fourth-order valence-corrected chi connectivity index (χ4v) is 2.16. The number of amides is 1. The zero-order valence-corrected chi connectivity index (χ0v) is 11.9. The molecule has 0 saturated carbocycles. The molecule has 10 heteroatoms. The largest absolute Gasteiger partial charge is 0.320 e. The Kier molecular flexibility index (Phi) is 5.33. The Labute approximate surface area is 120 Å². The number of nitro benzene ring substituents is 1. The van der Waals surface area contributed by atoms with Gasteiger partial charge in [0.2, 0.25) is 5.91 Å². The van der Waals surface area contributed by atoms with Gasteiger partial charge in [-0.2, -0.15) is 0 Å². The fraction of sp³-hybridized carbons (Fsp3) is 0.364. The molecule has 0 aliphatic rings. The highest BCUT2D eigenvalue weighted by Crippen LogP contribution is 2.27. The highest BCUT2D eigenvalue weighted by Gasteiger charge is 2.23. The number of nitrogens with two attached hydrogens (primary N) is 1. The molecule has 1 unspecified atom stereocenters. The van der Waals surface area contributed by atoms with E-state index in [4.69, 9.17) is 5.73 Å². The van der Waals surface area contributed by atoms with E-state index in [2.05, 4.69) is 0 Å². The van der Waals surface area contributed by atoms with Crippen LogP contribution in [0.3, 0.4) is 0 Å². The van der Waals surface area contributed by atoms with Crippen LogP contribution in [0.25, 0.3) is 0 Å². The van der Waals surface area contributed by atoms with Crippen LogP contribution >= 0.6 is 0 Å². The van der Waals surface area contributed by atoms with E-state index in [0.717, 1.165) is 24.5 Å². The standard InChI is InChI=1S/C11H14FN3O5S/c1-21(19,20)6-5-8(13)11(16)14-10-7(12)3-2-4-9(10)15(17)18/h2-4,8H,5-6,13H2,1H3,(H,14,16). The zero-order chi connectivity index (χ0) is 16.2. The van der Waals surface area contributed by atoms with E-state index in [1.807, 2.05) is 5.32 Å². The van der Waals surface area contributed by atoms with E-state index in [9.17, 15) is 27.7 Å². The smallest absolute Gasteiger partial charge is 0.295 e. The number of nitrogens with one attached hydrogen (secondary N) is 1. The molecule has 1 atom stereocenters. The van der Waals surface area contributed by atoms with Crippen LogP contribution in [0, 0.1) is 15.9 Å². The van der Waals surface area contributed by atoms with Gasteiger partial charge in [-0.1, -0.05) is 6.07 Å². The molecule has 0 aromatic heterocycles. The minimum atomic E-state index is -3.30. The number of anilines is 1. The summed E-state index contributed by atoms with van der Waals surface area (Å²) in [6, 6.07) is 1.89. The number of rotatable bonds is 6. The summed E-state index contributed by atoms with van der Waals surface area (Å²) in [7, 11) is -3.30. The lowest BCUT2D eigenvalue weighted by molar-refractivity contribution is -0.384. The monoisotopic (exact) mass is 319 g/mol. The molecule has 3 N–H and O–H groups in total. The van der Waals surface area contributed by atoms with Gasteiger partial charge in [0.15, 0.2) is 11.5 Å². The number of carbonyl (C=O) groups is 1. The van der Waals surface area contributed by atoms with Gasteiger partial charge in [0.25, 0.3) is 5.69 Å². The van der Waals surface area contributed by atoms with Gasteiger partial charge in [0.1, 0.15) is 9.84 Å². The molecule has 0 bridgehead atoms. The first-order valence-electron chi connectivity index (χ1n) is 5.79. The molecular formula is C11H14FN3O5S. The third-order valence-corrected chi connectivity index (χ3v) is 3.55. The summed E-state index contributed by atoms with van der Waals surface area (Å²) in [6.45, 7) is 0. The molecule has 8 nitrogen and oxygen atoms in total. The first kappa shape index (κ1) is 17.0. The summed E-state index contributed by atoms with van der Waals surface area (Å²) < 4.78 is 35.5. The Hall–Kier alpha value is -2.07. The van der Waals surface area contributed by atoms with Gasteiger partial charge < -0.3 is 11.1 Å². The number of benzene rings is 1. The van der Waals surface area contributed by atoms with E-state index >= 15 is 0 Å². The van der Waals surface area contributed by atoms with Crippen molar-refractivity contribution in [3.63, 3.8) is 0 Å². The summed E-state index contributed by atoms with van der Waals surface area (Å²) in [5, 5.41) is 12.8. The predicted molar refractivity (Wildman–Crippen MR) is 74.0 cm³/mol. The minimum Gasteiger partial charge on any atom is -0.320 e. The summed E-state index contributed by atoms with van der Waals surface area (Å²) in [6.07, 6.45) is 0.812. The number of carbonyl (C=O) groups excluding carboxylic acids is 1. The molecule has 0 aliphatic carbocycles. The van der Waals surface area contributed by atoms with E-state index in [1.54, 1.807) is 0 Å². The summed E-state index contributed by atoms with van der Waals surface area (Å²) in [5.74, 6) is -2.19. The van der Waals surface area contributed by atoms with Crippen molar-refractivity contribution in [2.24, 2.45) is 5.73 Å². The van der Waals surface area contributed by atoms with E-state index in [-0.39, 0.29) is 12.2 Å². The normalized spacial score (nSPS) is 12.7. The lowest BCUT2D eigenvalue weighted by Crippen LogP contribution is -2.37. The second-order valence-corrected chi connectivity index (χ2v) is 6.67. The predicted octanol–water partition coefficient (Wildman–Crippen LogP) is 0.434. The first-order chi connectivity index (χ1) is 9.61. The van der Waals surface area contributed by atoms with Crippen LogP contribution in [-0.2, 0) is 14.6 Å². The summed E-state index contributed by atoms with van der Waals surface area (Å²) in [5.41, 5.74) is 4.27. The molecule has 0 saturated heterocycles. The molecule has 1 aromatic carbocycles. The third kappa shape index (κ3) is 5.08. The molecule has 1 aromatic rings. The first-order valence-corrected chi connectivity index (χ1v) is 7.85. The Balaban J connectivity index is 2.86. The van der Waals surface area contributed by atoms with Crippen molar-refractivity contribution in [2.75, 3.05) is 17.3 Å². The maximum Gasteiger partial charge on any atom is 0.295 e. The van der Waals surface area contributed by atoms with E-state index in [1.165, 1.54) is 0 Å². The minimum absolute atomic E-state index is 0.174. The SMILES string of the molecule is CS(=O)(=O)CCC(N)C(=O)Nc1c(F)cccc1[N+](=O)[O-]. The molecule has 0 fully saturated rings. The number of hydrogen-bond acceptors (Lipinski definition) is 6. The maximum atomic E-state index is 13.6. The Morgan fingerprint density at radius 2 is 2.14 bits per heavy atom. The molecular weight excluding hydrogens is 305 g/mol. The second kappa shape index (κ2) is 6.59. The number of halogens is 1. The van der Waals surface area contributed by atoms with Gasteiger partial charge >= 0.3 is 0 Å². The van der Waals surface area contributed by atoms with E-state index < -0.39 is 43.9 Å². The molecule has 0 radical (unpaired) electrons. The van der Waals surface area contributed by atoms with Crippen LogP contribution in [0.15, 0.2) is 18.2 Å². The van der Waals surface area contributed by atoms with Crippen molar-refractivity contribution in [2.45, 2.75) is 12.5 Å². The molecule has 1 amide bonds. The highest BCUT2D eigenvalue weighted by atomic mass is 32.2. The Morgan fingerprint density at radius 1 is 1.52 bits per heavy atom. The Morgan fingerprint density at radius 3 is 2.67 bits per heavy atom. The molecule has 116 valence electrons. The van der Waals surface area contributed by atoms with Gasteiger partial charge in [0.05, 0.1) is 16.7 Å². The number of sulfone groups is 1. The zero-order valence-electron chi connectivity index (χ0n) is 11.1. The van der Waals surface area contributed by atoms with Crippen LogP contribution in [0.2, 0.25) is 0 Å². The highest BCUT2D eigenvalue weighted by molar-refractivity contribution is 7.90. The number of hydrogen-bond donors (Lipinski definition) is 2. The van der Waals surface area contributed by atoms with Crippen LogP contribution < -0.4 is 11.1 Å². The molecule has 1 rings (SSSR count). The fourth-order valence-electron chi connectivity index (χ4n) is 1.48. The lowest BCUT2D eigenvalue weighted by atomic mass is 10.2. The lowest BCUT2D eigenvalue weighted by Gasteiger charge is -2.12. The molecule has 0 spiro atoms. The number of nitrogens with zero attached hydrogens (tertiary/aromatic N) is 1. The van der Waals surface area contributed by atoms with Crippen molar-refractivity contribution in [3.05, 3.63) is 34.1 Å². The quantitative estimate of drug-likeness (QED) is 0.577. The average Bonchev–Trinajstić information content (AvgIpc) is 2.36. The van der Waals surface area contributed by atoms with Crippen LogP contribution in [0.1, 0.15) is 6.42 Å². The van der Waals surface area contributed by atoms with Crippen LogP contribution in [0.5, 0.6) is 0 Å². The number of nitro groups is 1. The maximum absolute atomic E-state index is 13.6. The van der Waals surface area contributed by atoms with Crippen molar-refractivity contribution in [1.82, 2.24) is 0 Å². The van der Waals surface area contributed by atoms with Crippen LogP contribution in [0.4, 0.5) is 15.8 Å². The molecule has 21 heavy (non-hydrogen) atoms. The van der Waals surface area contributed by atoms with Crippen LogP contribution in [-0.4, -0.2) is 37.3 Å². The van der Waals surface area contributed by atoms with Gasteiger partial charge in [-0.15, -0.1) is 0 Å². The van der Waals surface area contributed by atoms with Crippen molar-refractivity contribution >= 4 is 27.1 Å². The van der Waals surface area contributed by atoms with E-state index in [0.29, 0.717) is 0 Å². The van der Waals surface area contributed by atoms with Crippen molar-refractivity contribution in [3.8, 4) is 0 Å². The average molecular weight is 319 g/mol. The van der Waals surface area contributed by atoms with Crippen molar-refractivity contribution in [1.29, 1.82) is 0 Å². The van der Waals surface area contributed by atoms with Gasteiger partial charge in [-0.05, 0) is 12.5 Å². The second-order valence-electron chi connectivity index (χ2n) is 4.41. The summed E-state index contributed by atoms with van der Waals surface area (Å²) in [4.78, 5) is 21.6. The van der Waals surface area contributed by atoms with Gasteiger partial charge in [-0.3, -0.25) is 14.9 Å². The third-order valence-electron chi connectivity index (χ3n) is 2.57. The van der Waals surface area contributed by atoms with Gasteiger partial charge in [-0.25, -0.2) is 12.8 Å².